The summed E-state index contributed by atoms with van der Waals surface area (Å²) in [5.74, 6) is 0.00356. The monoisotopic (exact) mass is 398 g/mol. The van der Waals surface area contributed by atoms with Crippen molar-refractivity contribution < 1.29 is 9.13 Å². The number of nitrogens with zero attached hydrogens (tertiary/aromatic N) is 5. The maximum absolute atomic E-state index is 13.8. The molecule has 0 atom stereocenters. The number of nitrogens with one attached hydrogen (secondary N) is 1. The molecule has 1 N–H and O–H groups in total. The quantitative estimate of drug-likeness (QED) is 0.571. The maximum Gasteiger partial charge on any atom is 0.155 e. The van der Waals surface area contributed by atoms with E-state index in [4.69, 9.17) is 16.3 Å². The van der Waals surface area contributed by atoms with E-state index < -0.39 is 0 Å². The van der Waals surface area contributed by atoms with E-state index in [2.05, 4.69) is 20.5 Å². The van der Waals surface area contributed by atoms with E-state index in [0.717, 1.165) is 18.7 Å². The maximum atomic E-state index is 13.8. The van der Waals surface area contributed by atoms with Gasteiger partial charge in [-0.15, -0.1) is 0 Å². The fourth-order valence-corrected chi connectivity index (χ4v) is 3.60. The Balaban J connectivity index is 1.77. The van der Waals surface area contributed by atoms with Gasteiger partial charge in [0, 0.05) is 36.5 Å². The van der Waals surface area contributed by atoms with Crippen molar-refractivity contribution in [3.63, 3.8) is 0 Å². The van der Waals surface area contributed by atoms with Crippen molar-refractivity contribution in [2.24, 2.45) is 0 Å². The van der Waals surface area contributed by atoms with E-state index in [1.165, 1.54) is 19.2 Å². The van der Waals surface area contributed by atoms with E-state index >= 15 is 0 Å². The van der Waals surface area contributed by atoms with Gasteiger partial charge in [0.25, 0.3) is 0 Å². The summed E-state index contributed by atoms with van der Waals surface area (Å²) >= 11 is 6.42. The third-order valence-electron chi connectivity index (χ3n) is 4.93. The predicted octanol–water partition coefficient (Wildman–Crippen LogP) is 3.21. The highest BCUT2D eigenvalue weighted by molar-refractivity contribution is 6.32. The summed E-state index contributed by atoms with van der Waals surface area (Å²) < 4.78 is 22.8. The zero-order valence-electron chi connectivity index (χ0n) is 14.9. The van der Waals surface area contributed by atoms with Crippen LogP contribution in [0.4, 0.5) is 4.39 Å². The molecule has 1 fully saturated rings. The number of methoxy groups -OCH3 is 1. The Bertz CT molecular complexity index is 1180. The van der Waals surface area contributed by atoms with Crippen LogP contribution in [0.5, 0.6) is 5.75 Å². The molecule has 1 aromatic carbocycles. The van der Waals surface area contributed by atoms with Crippen LogP contribution in [-0.2, 0) is 0 Å². The molecule has 0 bridgehead atoms. The lowest BCUT2D eigenvalue weighted by atomic mass is 10.0. The van der Waals surface area contributed by atoms with Crippen LogP contribution >= 0.6 is 11.6 Å². The van der Waals surface area contributed by atoms with Crippen molar-refractivity contribution in [1.29, 1.82) is 0 Å². The third kappa shape index (κ3) is 2.64. The Kier molecular flexibility index (Phi) is 4.03. The topological polar surface area (TPSA) is 69.3 Å². The first kappa shape index (κ1) is 17.2. The van der Waals surface area contributed by atoms with Crippen LogP contribution in [0.3, 0.4) is 0 Å². The Hall–Kier alpha value is -2.97. The molecule has 28 heavy (non-hydrogen) atoms. The molecule has 1 aliphatic rings. The summed E-state index contributed by atoms with van der Waals surface area (Å²) in [6.07, 6.45) is 5.35. The van der Waals surface area contributed by atoms with Crippen LogP contribution in [-0.4, -0.2) is 44.6 Å². The number of halogens is 2. The molecule has 1 saturated heterocycles. The fraction of sp³-hybridized carbons (Fsp3) is 0.211. The van der Waals surface area contributed by atoms with Gasteiger partial charge in [-0.3, -0.25) is 4.68 Å². The lowest BCUT2D eigenvalue weighted by molar-refractivity contribution is 0.318. The van der Waals surface area contributed by atoms with E-state index in [1.807, 2.05) is 10.9 Å². The first-order valence-electron chi connectivity index (χ1n) is 8.78. The highest BCUT2D eigenvalue weighted by atomic mass is 35.5. The second-order valence-electron chi connectivity index (χ2n) is 6.59. The van der Waals surface area contributed by atoms with Gasteiger partial charge in [0.1, 0.15) is 28.5 Å². The van der Waals surface area contributed by atoms with Crippen LogP contribution in [0.2, 0.25) is 5.15 Å². The number of rotatable bonds is 4. The molecule has 5 rings (SSSR count). The van der Waals surface area contributed by atoms with E-state index in [1.54, 1.807) is 29.0 Å². The summed E-state index contributed by atoms with van der Waals surface area (Å²) in [5.41, 5.74) is 3.38. The van der Waals surface area contributed by atoms with Gasteiger partial charge in [0.05, 0.1) is 25.5 Å². The van der Waals surface area contributed by atoms with E-state index in [9.17, 15) is 4.39 Å². The first-order chi connectivity index (χ1) is 13.7. The SMILES string of the molecule is COc1cc(F)ccc1-c1c(-c2cnn(C3CNC3)c2)nc(Cl)c2ccnn12. The Morgan fingerprint density at radius 2 is 2.11 bits per heavy atom. The van der Waals surface area contributed by atoms with Gasteiger partial charge < -0.3 is 10.1 Å². The Labute approximate surface area is 164 Å². The van der Waals surface area contributed by atoms with Crippen molar-refractivity contribution in [2.75, 3.05) is 20.2 Å². The summed E-state index contributed by atoms with van der Waals surface area (Å²) in [6, 6.07) is 6.48. The molecule has 9 heteroatoms. The van der Waals surface area contributed by atoms with Crippen LogP contribution in [0.25, 0.3) is 28.0 Å². The molecule has 3 aromatic heterocycles. The fourth-order valence-electron chi connectivity index (χ4n) is 3.37. The smallest absolute Gasteiger partial charge is 0.155 e. The number of ether oxygens (including phenoxy) is 1. The normalized spacial score (nSPS) is 14.4. The molecule has 0 aliphatic carbocycles. The zero-order valence-corrected chi connectivity index (χ0v) is 15.7. The summed E-state index contributed by atoms with van der Waals surface area (Å²) in [7, 11) is 1.50. The van der Waals surface area contributed by atoms with Crippen molar-refractivity contribution >= 4 is 17.1 Å². The molecule has 0 amide bonds. The minimum atomic E-state index is -0.383. The van der Waals surface area contributed by atoms with Gasteiger partial charge in [0.2, 0.25) is 0 Å². The molecule has 0 unspecified atom stereocenters. The highest BCUT2D eigenvalue weighted by Crippen LogP contribution is 2.38. The number of benzene rings is 1. The number of fused-ring (bicyclic) bond motifs is 1. The van der Waals surface area contributed by atoms with Gasteiger partial charge in [-0.25, -0.2) is 13.9 Å². The molecule has 0 spiro atoms. The molecule has 0 saturated carbocycles. The van der Waals surface area contributed by atoms with E-state index in [-0.39, 0.29) is 5.82 Å². The van der Waals surface area contributed by atoms with Crippen LogP contribution in [0, 0.1) is 5.82 Å². The van der Waals surface area contributed by atoms with Crippen LogP contribution in [0.15, 0.2) is 42.9 Å². The molecule has 7 nitrogen and oxygen atoms in total. The lowest BCUT2D eigenvalue weighted by Crippen LogP contribution is -2.43. The largest absolute Gasteiger partial charge is 0.496 e. The number of hydrogen-bond donors (Lipinski definition) is 1. The molecule has 1 aliphatic heterocycles. The lowest BCUT2D eigenvalue weighted by Gasteiger charge is -2.27. The third-order valence-corrected chi connectivity index (χ3v) is 5.21. The van der Waals surface area contributed by atoms with Crippen molar-refractivity contribution in [2.45, 2.75) is 6.04 Å². The van der Waals surface area contributed by atoms with Crippen molar-refractivity contribution in [3.8, 4) is 28.3 Å². The minimum absolute atomic E-state index is 0.321. The molecular weight excluding hydrogens is 383 g/mol. The zero-order chi connectivity index (χ0) is 19.3. The molecular formula is C19H16ClFN6O. The molecule has 142 valence electrons. The number of aromatic nitrogens is 5. The van der Waals surface area contributed by atoms with Crippen molar-refractivity contribution in [1.82, 2.24) is 29.7 Å². The predicted molar refractivity (Wildman–Crippen MR) is 103 cm³/mol. The first-order valence-corrected chi connectivity index (χ1v) is 9.16. The molecule has 4 heterocycles. The number of hydrogen-bond acceptors (Lipinski definition) is 5. The van der Waals surface area contributed by atoms with Crippen molar-refractivity contribution in [3.05, 3.63) is 53.8 Å². The standard InChI is InChI=1S/C19H16ClFN6O/c1-28-16-6-12(21)2-3-14(16)18-17(25-19(20)15-4-5-23-27(15)18)11-7-24-26(10-11)13-8-22-9-13/h2-7,10,13,22H,8-9H2,1H3. The van der Waals surface area contributed by atoms with Crippen LogP contribution in [0.1, 0.15) is 6.04 Å². The highest BCUT2D eigenvalue weighted by Gasteiger charge is 2.24. The van der Waals surface area contributed by atoms with Gasteiger partial charge in [-0.2, -0.15) is 10.2 Å². The molecule has 4 aromatic rings. The second kappa shape index (κ2) is 6.57. The minimum Gasteiger partial charge on any atom is -0.496 e. The van der Waals surface area contributed by atoms with Gasteiger partial charge in [-0.05, 0) is 18.2 Å². The summed E-state index contributed by atoms with van der Waals surface area (Å²) in [6.45, 7) is 1.76. The molecule has 0 radical (unpaired) electrons. The van der Waals surface area contributed by atoms with E-state index in [0.29, 0.717) is 39.4 Å². The Morgan fingerprint density at radius 1 is 1.25 bits per heavy atom. The van der Waals surface area contributed by atoms with Gasteiger partial charge >= 0.3 is 0 Å². The van der Waals surface area contributed by atoms with Gasteiger partial charge in [0.15, 0.2) is 5.15 Å². The Morgan fingerprint density at radius 3 is 2.86 bits per heavy atom. The second-order valence-corrected chi connectivity index (χ2v) is 6.95. The average molecular weight is 399 g/mol. The average Bonchev–Trinajstić information content (AvgIpc) is 3.30. The summed E-state index contributed by atoms with van der Waals surface area (Å²) in [5, 5.41) is 12.5. The van der Waals surface area contributed by atoms with Crippen LogP contribution < -0.4 is 10.1 Å². The summed E-state index contributed by atoms with van der Waals surface area (Å²) in [4.78, 5) is 4.62. The van der Waals surface area contributed by atoms with Gasteiger partial charge in [-0.1, -0.05) is 11.6 Å².